The first-order valence-corrected chi connectivity index (χ1v) is 11.6. The van der Waals surface area contributed by atoms with Crippen LogP contribution in [0.15, 0.2) is 48.1 Å². The van der Waals surface area contributed by atoms with Crippen LogP contribution in [-0.2, 0) is 4.74 Å². The summed E-state index contributed by atoms with van der Waals surface area (Å²) < 4.78 is 10.9. The third-order valence-corrected chi connectivity index (χ3v) is 6.55. The van der Waals surface area contributed by atoms with Crippen molar-refractivity contribution in [2.75, 3.05) is 38.7 Å². The van der Waals surface area contributed by atoms with Crippen molar-refractivity contribution in [3.63, 3.8) is 0 Å². The van der Waals surface area contributed by atoms with E-state index in [1.807, 2.05) is 23.6 Å². The van der Waals surface area contributed by atoms with Crippen molar-refractivity contribution in [1.82, 2.24) is 19.9 Å². The first-order valence-electron chi connectivity index (χ1n) is 10.3. The second-order valence-corrected chi connectivity index (χ2v) is 8.61. The highest BCUT2D eigenvalue weighted by molar-refractivity contribution is 7.13. The van der Waals surface area contributed by atoms with E-state index in [9.17, 15) is 4.79 Å². The highest BCUT2D eigenvalue weighted by atomic mass is 35.5. The Bertz CT molecular complexity index is 1290. The third kappa shape index (κ3) is 4.35. The van der Waals surface area contributed by atoms with Gasteiger partial charge in [0.25, 0.3) is 5.91 Å². The number of ether oxygens (including phenoxy) is 2. The van der Waals surface area contributed by atoms with Crippen LogP contribution < -0.4 is 10.1 Å². The fourth-order valence-electron chi connectivity index (χ4n) is 3.64. The molecule has 0 bridgehead atoms. The minimum absolute atomic E-state index is 0.00205. The highest BCUT2D eigenvalue weighted by Gasteiger charge is 2.19. The molecule has 4 aromatic rings. The number of anilines is 2. The molecule has 0 radical (unpaired) electrons. The number of thiazole rings is 1. The monoisotopic (exact) mass is 481 g/mol. The molecule has 0 aliphatic carbocycles. The van der Waals surface area contributed by atoms with Crippen LogP contribution in [0.1, 0.15) is 10.4 Å². The molecule has 2 aromatic heterocycles. The Balaban J connectivity index is 1.40. The number of morpholine rings is 1. The molecule has 1 aliphatic rings. The lowest BCUT2D eigenvalue weighted by Crippen LogP contribution is -2.40. The Morgan fingerprint density at radius 1 is 1.21 bits per heavy atom. The maximum atomic E-state index is 12.6. The number of fused-ring (bicyclic) bond motifs is 1. The van der Waals surface area contributed by atoms with E-state index in [1.165, 1.54) is 11.3 Å². The van der Waals surface area contributed by atoms with Crippen LogP contribution in [0, 0.1) is 0 Å². The number of amides is 1. The number of methoxy groups -OCH3 is 1. The van der Waals surface area contributed by atoms with E-state index in [0.29, 0.717) is 59.5 Å². The number of benzene rings is 2. The summed E-state index contributed by atoms with van der Waals surface area (Å²) in [6.07, 6.45) is 3.40. The normalized spacial score (nSPS) is 13.8. The SMILES string of the molecule is COc1cc(-c2nccs2)c(Cl)c2cnc(Nc3ccc(C(=O)N4CCOCC4)cc3)nc12. The van der Waals surface area contributed by atoms with E-state index < -0.39 is 0 Å². The van der Waals surface area contributed by atoms with Gasteiger partial charge in [0.1, 0.15) is 16.3 Å². The molecular formula is C23H20ClN5O3S. The van der Waals surface area contributed by atoms with Crippen LogP contribution in [0.2, 0.25) is 5.02 Å². The van der Waals surface area contributed by atoms with Crippen molar-refractivity contribution in [2.45, 2.75) is 0 Å². The first kappa shape index (κ1) is 21.6. The number of nitrogens with one attached hydrogen (secondary N) is 1. The van der Waals surface area contributed by atoms with E-state index >= 15 is 0 Å². The van der Waals surface area contributed by atoms with E-state index in [-0.39, 0.29) is 5.91 Å². The van der Waals surface area contributed by atoms with E-state index in [1.54, 1.807) is 36.5 Å². The van der Waals surface area contributed by atoms with Crippen LogP contribution >= 0.6 is 22.9 Å². The molecule has 0 atom stereocenters. The standard InChI is InChI=1S/C23H20ClN5O3S/c1-31-18-12-16(21-25-6-11-33-21)19(24)17-13-26-23(28-20(17)18)27-15-4-2-14(3-5-15)22(30)29-7-9-32-10-8-29/h2-6,11-13H,7-10H2,1H3,(H,26,27,28). The summed E-state index contributed by atoms with van der Waals surface area (Å²) >= 11 is 8.15. The summed E-state index contributed by atoms with van der Waals surface area (Å²) in [5.41, 5.74) is 2.77. The van der Waals surface area contributed by atoms with Crippen LogP contribution in [0.3, 0.4) is 0 Å². The second kappa shape index (κ2) is 9.30. The smallest absolute Gasteiger partial charge is 0.254 e. The summed E-state index contributed by atoms with van der Waals surface area (Å²) in [4.78, 5) is 27.8. The van der Waals surface area contributed by atoms with Crippen molar-refractivity contribution in [3.8, 4) is 16.3 Å². The van der Waals surface area contributed by atoms with Gasteiger partial charge in [0.2, 0.25) is 5.95 Å². The van der Waals surface area contributed by atoms with Crippen LogP contribution in [0.4, 0.5) is 11.6 Å². The summed E-state index contributed by atoms with van der Waals surface area (Å²) in [5, 5.41) is 7.08. The largest absolute Gasteiger partial charge is 0.494 e. The maximum Gasteiger partial charge on any atom is 0.254 e. The Hall–Kier alpha value is -3.27. The van der Waals surface area contributed by atoms with Gasteiger partial charge in [0, 0.05) is 53.1 Å². The molecule has 1 saturated heterocycles. The number of aromatic nitrogens is 3. The van der Waals surface area contributed by atoms with Gasteiger partial charge in [-0.05, 0) is 30.3 Å². The van der Waals surface area contributed by atoms with Crippen LogP contribution in [-0.4, -0.2) is 59.2 Å². The Labute approximate surface area is 199 Å². The molecule has 33 heavy (non-hydrogen) atoms. The van der Waals surface area contributed by atoms with Gasteiger partial charge in [0.15, 0.2) is 0 Å². The van der Waals surface area contributed by atoms with E-state index in [4.69, 9.17) is 21.1 Å². The summed E-state index contributed by atoms with van der Waals surface area (Å²) in [7, 11) is 1.59. The van der Waals surface area contributed by atoms with E-state index in [2.05, 4.69) is 20.3 Å². The lowest BCUT2D eigenvalue weighted by molar-refractivity contribution is 0.0303. The molecule has 0 saturated carbocycles. The van der Waals surface area contributed by atoms with Gasteiger partial charge in [-0.1, -0.05) is 11.6 Å². The van der Waals surface area contributed by atoms with Crippen molar-refractivity contribution in [1.29, 1.82) is 0 Å². The zero-order valence-corrected chi connectivity index (χ0v) is 19.3. The zero-order valence-electron chi connectivity index (χ0n) is 17.7. The maximum absolute atomic E-state index is 12.6. The molecule has 10 heteroatoms. The summed E-state index contributed by atoms with van der Waals surface area (Å²) in [6, 6.07) is 9.08. The van der Waals surface area contributed by atoms with Gasteiger partial charge in [-0.3, -0.25) is 4.79 Å². The molecule has 2 aromatic carbocycles. The van der Waals surface area contributed by atoms with Crippen molar-refractivity contribution in [3.05, 3.63) is 58.7 Å². The number of carbonyl (C=O) groups is 1. The number of carbonyl (C=O) groups excluding carboxylic acids is 1. The van der Waals surface area contributed by atoms with E-state index in [0.717, 1.165) is 16.3 Å². The summed E-state index contributed by atoms with van der Waals surface area (Å²) in [5.74, 6) is 0.977. The number of hydrogen-bond donors (Lipinski definition) is 1. The molecule has 1 fully saturated rings. The van der Waals surface area contributed by atoms with Gasteiger partial charge < -0.3 is 19.7 Å². The molecule has 168 valence electrons. The molecule has 1 aliphatic heterocycles. The average Bonchev–Trinajstić information content (AvgIpc) is 3.40. The molecule has 1 N–H and O–H groups in total. The number of nitrogens with zero attached hydrogens (tertiary/aromatic N) is 4. The molecule has 8 nitrogen and oxygen atoms in total. The lowest BCUT2D eigenvalue weighted by atomic mass is 10.1. The molecule has 0 spiro atoms. The quantitative estimate of drug-likeness (QED) is 0.444. The predicted octanol–water partition coefficient (Wildman–Crippen LogP) is 4.63. The Morgan fingerprint density at radius 3 is 2.70 bits per heavy atom. The topological polar surface area (TPSA) is 89.5 Å². The summed E-state index contributed by atoms with van der Waals surface area (Å²) in [6.45, 7) is 2.36. The molecule has 3 heterocycles. The van der Waals surface area contributed by atoms with Crippen molar-refractivity contribution < 1.29 is 14.3 Å². The first-order chi connectivity index (χ1) is 16.1. The zero-order chi connectivity index (χ0) is 22.8. The molecule has 5 rings (SSSR count). The fraction of sp³-hybridized carbons (Fsp3) is 0.217. The van der Waals surface area contributed by atoms with Crippen molar-refractivity contribution in [2.24, 2.45) is 0 Å². The van der Waals surface area contributed by atoms with Crippen molar-refractivity contribution >= 4 is 51.4 Å². The Kier molecular flexibility index (Phi) is 6.08. The van der Waals surface area contributed by atoms with Crippen LogP contribution in [0.5, 0.6) is 5.75 Å². The lowest BCUT2D eigenvalue weighted by Gasteiger charge is -2.26. The molecular weight excluding hydrogens is 462 g/mol. The Morgan fingerprint density at radius 2 is 2.00 bits per heavy atom. The number of halogens is 1. The van der Waals surface area contributed by atoms with Gasteiger partial charge >= 0.3 is 0 Å². The van der Waals surface area contributed by atoms with Gasteiger partial charge in [0.05, 0.1) is 25.3 Å². The molecule has 0 unspecified atom stereocenters. The number of hydrogen-bond acceptors (Lipinski definition) is 8. The van der Waals surface area contributed by atoms with Gasteiger partial charge in [-0.15, -0.1) is 11.3 Å². The minimum Gasteiger partial charge on any atom is -0.494 e. The minimum atomic E-state index is 0.00205. The van der Waals surface area contributed by atoms with Gasteiger partial charge in [-0.25, -0.2) is 15.0 Å². The highest BCUT2D eigenvalue weighted by Crippen LogP contribution is 2.39. The van der Waals surface area contributed by atoms with Gasteiger partial charge in [-0.2, -0.15) is 0 Å². The fourth-order valence-corrected chi connectivity index (χ4v) is 4.64. The molecule has 1 amide bonds. The third-order valence-electron chi connectivity index (χ3n) is 5.34. The number of rotatable bonds is 5. The predicted molar refractivity (Wildman–Crippen MR) is 129 cm³/mol. The average molecular weight is 482 g/mol. The van der Waals surface area contributed by atoms with Crippen LogP contribution in [0.25, 0.3) is 21.5 Å². The second-order valence-electron chi connectivity index (χ2n) is 7.34.